The molecule has 0 saturated carbocycles. The maximum atomic E-state index is 6.15. The highest BCUT2D eigenvalue weighted by molar-refractivity contribution is 6.42. The van der Waals surface area contributed by atoms with Crippen molar-refractivity contribution in [1.82, 2.24) is 10.3 Å². The van der Waals surface area contributed by atoms with Gasteiger partial charge < -0.3 is 10.1 Å². The van der Waals surface area contributed by atoms with Crippen molar-refractivity contribution in [2.24, 2.45) is 0 Å². The lowest BCUT2D eigenvalue weighted by molar-refractivity contribution is 0.452. The van der Waals surface area contributed by atoms with E-state index in [-0.39, 0.29) is 0 Å². The van der Waals surface area contributed by atoms with Crippen molar-refractivity contribution in [2.75, 3.05) is 7.05 Å². The van der Waals surface area contributed by atoms with E-state index >= 15 is 0 Å². The molecule has 0 unspecified atom stereocenters. The van der Waals surface area contributed by atoms with Gasteiger partial charge in [-0.3, -0.25) is 0 Å². The normalized spacial score (nSPS) is 10.7. The lowest BCUT2D eigenvalue weighted by Crippen LogP contribution is -2.09. The molecule has 0 aliphatic carbocycles. The van der Waals surface area contributed by atoms with E-state index in [1.165, 1.54) is 0 Å². The Morgan fingerprint density at radius 1 is 1.25 bits per heavy atom. The van der Waals surface area contributed by atoms with Gasteiger partial charge in [0.25, 0.3) is 0 Å². The van der Waals surface area contributed by atoms with Gasteiger partial charge in [0.2, 0.25) is 5.88 Å². The van der Waals surface area contributed by atoms with E-state index in [9.17, 15) is 0 Å². The molecule has 0 atom stereocenters. The smallest absolute Gasteiger partial charge is 0.224 e. The zero-order valence-electron chi connectivity index (χ0n) is 11.6. The Balaban J connectivity index is 2.44. The quantitative estimate of drug-likeness (QED) is 0.901. The van der Waals surface area contributed by atoms with Crippen LogP contribution in [0.25, 0.3) is 0 Å². The van der Waals surface area contributed by atoms with Gasteiger partial charge in [-0.15, -0.1) is 0 Å². The molecule has 1 N–H and O–H groups in total. The van der Waals surface area contributed by atoms with E-state index in [2.05, 4.69) is 10.3 Å². The van der Waals surface area contributed by atoms with Crippen molar-refractivity contribution in [3.05, 3.63) is 51.1 Å². The number of rotatable bonds is 4. The van der Waals surface area contributed by atoms with Crippen LogP contribution in [-0.2, 0) is 6.54 Å². The molecule has 1 aromatic heterocycles. The van der Waals surface area contributed by atoms with E-state index < -0.39 is 0 Å². The van der Waals surface area contributed by atoms with Crippen molar-refractivity contribution >= 4 is 23.2 Å². The van der Waals surface area contributed by atoms with Gasteiger partial charge >= 0.3 is 0 Å². The Kier molecular flexibility index (Phi) is 4.86. The van der Waals surface area contributed by atoms with E-state index in [4.69, 9.17) is 27.9 Å². The predicted octanol–water partition coefficient (Wildman–Crippen LogP) is 4.52. The molecule has 106 valence electrons. The summed E-state index contributed by atoms with van der Waals surface area (Å²) in [5, 5.41) is 3.97. The van der Waals surface area contributed by atoms with Crippen LogP contribution in [0.1, 0.15) is 16.8 Å². The second-order valence-electron chi connectivity index (χ2n) is 4.55. The summed E-state index contributed by atoms with van der Waals surface area (Å²) in [6.07, 6.45) is 0. The SMILES string of the molecule is CNCc1c(C)cc(C)nc1Oc1cccc(Cl)c1Cl. The average Bonchev–Trinajstić information content (AvgIpc) is 2.39. The number of aromatic nitrogens is 1. The lowest BCUT2D eigenvalue weighted by atomic mass is 10.1. The second kappa shape index (κ2) is 6.44. The third-order valence-corrected chi connectivity index (χ3v) is 3.72. The number of hydrogen-bond acceptors (Lipinski definition) is 3. The molecule has 5 heteroatoms. The number of halogens is 2. The molecule has 0 fully saturated rings. The Morgan fingerprint density at radius 3 is 2.70 bits per heavy atom. The fraction of sp³-hybridized carbons (Fsp3) is 0.267. The highest BCUT2D eigenvalue weighted by Gasteiger charge is 2.13. The lowest BCUT2D eigenvalue weighted by Gasteiger charge is -2.14. The van der Waals surface area contributed by atoms with Gasteiger partial charge in [-0.25, -0.2) is 4.98 Å². The summed E-state index contributed by atoms with van der Waals surface area (Å²) in [4.78, 5) is 4.45. The van der Waals surface area contributed by atoms with Crippen molar-refractivity contribution in [3.8, 4) is 11.6 Å². The zero-order chi connectivity index (χ0) is 14.7. The maximum Gasteiger partial charge on any atom is 0.224 e. The minimum absolute atomic E-state index is 0.394. The molecule has 0 aliphatic rings. The van der Waals surface area contributed by atoms with Gasteiger partial charge in [-0.05, 0) is 44.7 Å². The standard InChI is InChI=1S/C15H16Cl2N2O/c1-9-7-10(2)19-15(11(9)8-18-3)20-13-6-4-5-12(16)14(13)17/h4-7,18H,8H2,1-3H3. The molecular weight excluding hydrogens is 295 g/mol. The zero-order valence-corrected chi connectivity index (χ0v) is 13.1. The van der Waals surface area contributed by atoms with Crippen LogP contribution in [0.2, 0.25) is 10.0 Å². The molecule has 0 amide bonds. The molecular formula is C15H16Cl2N2O. The number of aryl methyl sites for hydroxylation is 2. The maximum absolute atomic E-state index is 6.15. The van der Waals surface area contributed by atoms with Gasteiger partial charge in [0, 0.05) is 17.8 Å². The van der Waals surface area contributed by atoms with Crippen LogP contribution in [0.3, 0.4) is 0 Å². The first-order chi connectivity index (χ1) is 9.52. The molecule has 2 aromatic rings. The predicted molar refractivity (Wildman–Crippen MR) is 83.0 cm³/mol. The van der Waals surface area contributed by atoms with Crippen molar-refractivity contribution in [3.63, 3.8) is 0 Å². The highest BCUT2D eigenvalue weighted by Crippen LogP contribution is 2.35. The molecule has 2 rings (SSSR count). The fourth-order valence-corrected chi connectivity index (χ4v) is 2.30. The Morgan fingerprint density at radius 2 is 2.00 bits per heavy atom. The third kappa shape index (κ3) is 3.23. The minimum atomic E-state index is 0.394. The highest BCUT2D eigenvalue weighted by atomic mass is 35.5. The summed E-state index contributed by atoms with van der Waals surface area (Å²) in [6, 6.07) is 7.32. The van der Waals surface area contributed by atoms with Crippen LogP contribution >= 0.6 is 23.2 Å². The topological polar surface area (TPSA) is 34.2 Å². The summed E-state index contributed by atoms with van der Waals surface area (Å²) in [6.45, 7) is 4.64. The van der Waals surface area contributed by atoms with Crippen LogP contribution < -0.4 is 10.1 Å². The first-order valence-electron chi connectivity index (χ1n) is 6.26. The summed E-state index contributed by atoms with van der Waals surface area (Å²) in [5.41, 5.74) is 3.03. The number of nitrogens with zero attached hydrogens (tertiary/aromatic N) is 1. The van der Waals surface area contributed by atoms with E-state index in [1.807, 2.05) is 27.0 Å². The van der Waals surface area contributed by atoms with E-state index in [1.54, 1.807) is 18.2 Å². The van der Waals surface area contributed by atoms with Crippen molar-refractivity contribution in [1.29, 1.82) is 0 Å². The molecule has 0 spiro atoms. The van der Waals surface area contributed by atoms with Gasteiger partial charge in [0.1, 0.15) is 10.8 Å². The average molecular weight is 311 g/mol. The minimum Gasteiger partial charge on any atom is -0.437 e. The molecule has 1 heterocycles. The number of pyridine rings is 1. The molecule has 0 saturated heterocycles. The summed E-state index contributed by atoms with van der Waals surface area (Å²) < 4.78 is 5.87. The van der Waals surface area contributed by atoms with Crippen molar-refractivity contribution < 1.29 is 4.74 Å². The largest absolute Gasteiger partial charge is 0.437 e. The first kappa shape index (κ1) is 15.1. The van der Waals surface area contributed by atoms with E-state index in [0.29, 0.717) is 28.2 Å². The fourth-order valence-electron chi connectivity index (χ4n) is 1.97. The summed E-state index contributed by atoms with van der Waals surface area (Å²) >= 11 is 12.2. The monoisotopic (exact) mass is 310 g/mol. The Labute approximate surface area is 128 Å². The van der Waals surface area contributed by atoms with Crippen molar-refractivity contribution in [2.45, 2.75) is 20.4 Å². The van der Waals surface area contributed by atoms with Crippen LogP contribution in [0.4, 0.5) is 0 Å². The van der Waals surface area contributed by atoms with Gasteiger partial charge in [0.15, 0.2) is 0 Å². The van der Waals surface area contributed by atoms with Gasteiger partial charge in [-0.1, -0.05) is 29.3 Å². The summed E-state index contributed by atoms with van der Waals surface area (Å²) in [7, 11) is 1.88. The van der Waals surface area contributed by atoms with Crippen LogP contribution in [-0.4, -0.2) is 12.0 Å². The molecule has 0 aliphatic heterocycles. The molecule has 0 radical (unpaired) electrons. The number of hydrogen-bond donors (Lipinski definition) is 1. The Hall–Kier alpha value is -1.29. The van der Waals surface area contributed by atoms with Crippen LogP contribution in [0.15, 0.2) is 24.3 Å². The Bertz CT molecular complexity index is 630. The number of ether oxygens (including phenoxy) is 1. The summed E-state index contributed by atoms with van der Waals surface area (Å²) in [5.74, 6) is 1.06. The van der Waals surface area contributed by atoms with Crippen LogP contribution in [0.5, 0.6) is 11.6 Å². The number of benzene rings is 1. The van der Waals surface area contributed by atoms with Gasteiger partial charge in [-0.2, -0.15) is 0 Å². The first-order valence-corrected chi connectivity index (χ1v) is 7.02. The molecule has 0 bridgehead atoms. The van der Waals surface area contributed by atoms with E-state index in [0.717, 1.165) is 16.8 Å². The van der Waals surface area contributed by atoms with Crippen LogP contribution in [0, 0.1) is 13.8 Å². The molecule has 3 nitrogen and oxygen atoms in total. The van der Waals surface area contributed by atoms with Gasteiger partial charge in [0.05, 0.1) is 5.02 Å². The third-order valence-electron chi connectivity index (χ3n) is 2.91. The second-order valence-corrected chi connectivity index (χ2v) is 5.33. The molecule has 1 aromatic carbocycles. The number of nitrogens with one attached hydrogen (secondary N) is 1. The molecule has 20 heavy (non-hydrogen) atoms.